The molecule has 0 saturated heterocycles. The van der Waals surface area contributed by atoms with Gasteiger partial charge in [0.2, 0.25) is 0 Å². The Balaban J connectivity index is 2.64. The van der Waals surface area contributed by atoms with Crippen LogP contribution in [-0.2, 0) is 6.54 Å². The summed E-state index contributed by atoms with van der Waals surface area (Å²) in [6, 6.07) is 6.21. The van der Waals surface area contributed by atoms with Crippen molar-refractivity contribution in [1.29, 1.82) is 0 Å². The molecule has 2 rings (SSSR count). The minimum Gasteiger partial charge on any atom is -0.313 e. The zero-order chi connectivity index (χ0) is 9.26. The topological polar surface area (TPSA) is 29.3 Å². The van der Waals surface area contributed by atoms with E-state index in [0.717, 1.165) is 17.9 Å². The number of hydrogen-bond donors (Lipinski definition) is 1. The van der Waals surface area contributed by atoms with E-state index in [1.807, 2.05) is 13.2 Å². The molecule has 0 aliphatic heterocycles. The van der Waals surface area contributed by atoms with Crippen LogP contribution >= 0.6 is 0 Å². The van der Waals surface area contributed by atoms with Crippen molar-refractivity contribution in [2.24, 2.45) is 0 Å². The Morgan fingerprint density at radius 2 is 2.31 bits per heavy atom. The first-order chi connectivity index (χ1) is 6.33. The van der Waals surface area contributed by atoms with Crippen LogP contribution < -0.4 is 5.32 Å². The first kappa shape index (κ1) is 8.26. The van der Waals surface area contributed by atoms with E-state index in [4.69, 9.17) is 0 Å². The average Bonchev–Trinajstić information content (AvgIpc) is 2.51. The summed E-state index contributed by atoms with van der Waals surface area (Å²) in [7, 11) is 1.93. The zero-order valence-corrected chi connectivity index (χ0v) is 7.91. The Hall–Kier alpha value is -1.35. The molecule has 0 radical (unpaired) electrons. The van der Waals surface area contributed by atoms with E-state index in [2.05, 4.69) is 39.8 Å². The highest BCUT2D eigenvalue weighted by Gasteiger charge is 2.02. The fourth-order valence-corrected chi connectivity index (χ4v) is 1.57. The fraction of sp³-hybridized carbons (Fsp3) is 0.300. The Labute approximate surface area is 77.4 Å². The minimum absolute atomic E-state index is 0.805. The second-order valence-electron chi connectivity index (χ2n) is 3.13. The molecule has 2 aromatic heterocycles. The van der Waals surface area contributed by atoms with Crippen LogP contribution in [-0.4, -0.2) is 16.4 Å². The van der Waals surface area contributed by atoms with Crippen LogP contribution in [0.3, 0.4) is 0 Å². The van der Waals surface area contributed by atoms with Crippen molar-refractivity contribution in [3.63, 3.8) is 0 Å². The largest absolute Gasteiger partial charge is 0.313 e. The molecule has 2 heterocycles. The first-order valence-electron chi connectivity index (χ1n) is 4.39. The first-order valence-corrected chi connectivity index (χ1v) is 4.39. The molecule has 0 aliphatic rings. The molecule has 2 aromatic rings. The van der Waals surface area contributed by atoms with Crippen molar-refractivity contribution in [2.45, 2.75) is 13.5 Å². The molecule has 68 valence electrons. The van der Waals surface area contributed by atoms with E-state index in [1.165, 1.54) is 5.69 Å². The van der Waals surface area contributed by atoms with Gasteiger partial charge in [0.05, 0.1) is 18.3 Å². The Kier molecular flexibility index (Phi) is 2.02. The molecule has 0 fully saturated rings. The number of imidazole rings is 1. The summed E-state index contributed by atoms with van der Waals surface area (Å²) in [6.07, 6.45) is 1.90. The van der Waals surface area contributed by atoms with Crippen molar-refractivity contribution < 1.29 is 0 Å². The number of rotatable bonds is 2. The molecule has 13 heavy (non-hydrogen) atoms. The molecule has 0 atom stereocenters. The number of pyridine rings is 1. The number of fused-ring (bicyclic) bond motifs is 1. The van der Waals surface area contributed by atoms with Crippen LogP contribution in [0.2, 0.25) is 0 Å². The van der Waals surface area contributed by atoms with Gasteiger partial charge < -0.3 is 5.32 Å². The van der Waals surface area contributed by atoms with Gasteiger partial charge in [0.25, 0.3) is 0 Å². The van der Waals surface area contributed by atoms with Crippen LogP contribution in [0.1, 0.15) is 11.5 Å². The molecule has 3 heteroatoms. The second-order valence-corrected chi connectivity index (χ2v) is 3.13. The van der Waals surface area contributed by atoms with E-state index in [1.54, 1.807) is 0 Å². The van der Waals surface area contributed by atoms with Crippen LogP contribution in [0, 0.1) is 6.92 Å². The highest BCUT2D eigenvalue weighted by Crippen LogP contribution is 2.09. The van der Waals surface area contributed by atoms with Gasteiger partial charge in [-0.05, 0) is 26.1 Å². The summed E-state index contributed by atoms with van der Waals surface area (Å²) in [5.74, 6) is 1.07. The third-order valence-electron chi connectivity index (χ3n) is 2.15. The van der Waals surface area contributed by atoms with Gasteiger partial charge in [-0.2, -0.15) is 0 Å². The quantitative estimate of drug-likeness (QED) is 0.746. The number of nitrogens with one attached hydrogen (secondary N) is 1. The molecule has 1 N–H and O–H groups in total. The SMILES string of the molecule is CNCc1ncc2cccc(C)n12. The lowest BCUT2D eigenvalue weighted by Gasteiger charge is -2.03. The van der Waals surface area contributed by atoms with E-state index < -0.39 is 0 Å². The molecular weight excluding hydrogens is 162 g/mol. The number of nitrogens with zero attached hydrogens (tertiary/aromatic N) is 2. The summed E-state index contributed by atoms with van der Waals surface area (Å²) in [4.78, 5) is 4.35. The van der Waals surface area contributed by atoms with E-state index in [9.17, 15) is 0 Å². The third kappa shape index (κ3) is 1.31. The highest BCUT2D eigenvalue weighted by molar-refractivity contribution is 5.47. The molecule has 0 bridgehead atoms. The number of aromatic nitrogens is 2. The maximum atomic E-state index is 4.35. The van der Waals surface area contributed by atoms with Gasteiger partial charge >= 0.3 is 0 Å². The van der Waals surface area contributed by atoms with E-state index in [-0.39, 0.29) is 0 Å². The molecular formula is C10H13N3. The predicted molar refractivity (Wildman–Crippen MR) is 52.7 cm³/mol. The molecule has 0 saturated carbocycles. The van der Waals surface area contributed by atoms with Crippen LogP contribution in [0.25, 0.3) is 5.52 Å². The smallest absolute Gasteiger partial charge is 0.127 e. The van der Waals surface area contributed by atoms with Crippen molar-refractivity contribution in [2.75, 3.05) is 7.05 Å². The van der Waals surface area contributed by atoms with Gasteiger partial charge in [-0.1, -0.05) is 6.07 Å². The van der Waals surface area contributed by atoms with E-state index >= 15 is 0 Å². The molecule has 0 spiro atoms. The normalized spacial score (nSPS) is 10.9. The molecule has 0 aliphatic carbocycles. The van der Waals surface area contributed by atoms with Gasteiger partial charge in [-0.15, -0.1) is 0 Å². The Bertz CT molecular complexity index is 417. The van der Waals surface area contributed by atoms with Crippen LogP contribution in [0.15, 0.2) is 24.4 Å². The summed E-state index contributed by atoms with van der Waals surface area (Å²) in [5.41, 5.74) is 2.38. The fourth-order valence-electron chi connectivity index (χ4n) is 1.57. The van der Waals surface area contributed by atoms with Crippen LogP contribution in [0.5, 0.6) is 0 Å². The lowest BCUT2D eigenvalue weighted by Crippen LogP contribution is -2.09. The molecule has 0 unspecified atom stereocenters. The monoisotopic (exact) mass is 175 g/mol. The minimum atomic E-state index is 0.805. The standard InChI is InChI=1S/C10H13N3/c1-8-4-3-5-9-6-12-10(7-11-2)13(8)9/h3-6,11H,7H2,1-2H3. The van der Waals surface area contributed by atoms with Crippen molar-refractivity contribution >= 4 is 5.52 Å². The van der Waals surface area contributed by atoms with Crippen LogP contribution in [0.4, 0.5) is 0 Å². The predicted octanol–water partition coefficient (Wildman–Crippen LogP) is 1.36. The Morgan fingerprint density at radius 1 is 1.46 bits per heavy atom. The third-order valence-corrected chi connectivity index (χ3v) is 2.15. The maximum Gasteiger partial charge on any atom is 0.127 e. The summed E-state index contributed by atoms with van der Waals surface area (Å²) >= 11 is 0. The molecule has 0 aromatic carbocycles. The van der Waals surface area contributed by atoms with Crippen molar-refractivity contribution in [3.8, 4) is 0 Å². The second kappa shape index (κ2) is 3.18. The van der Waals surface area contributed by atoms with Gasteiger partial charge in [0, 0.05) is 5.69 Å². The van der Waals surface area contributed by atoms with Gasteiger partial charge in [0.1, 0.15) is 5.82 Å². The number of aryl methyl sites for hydroxylation is 1. The highest BCUT2D eigenvalue weighted by atomic mass is 15.1. The van der Waals surface area contributed by atoms with Gasteiger partial charge in [-0.3, -0.25) is 4.40 Å². The molecule has 0 amide bonds. The summed E-state index contributed by atoms with van der Waals surface area (Å²) in [6.45, 7) is 2.90. The van der Waals surface area contributed by atoms with Crippen molar-refractivity contribution in [1.82, 2.24) is 14.7 Å². The Morgan fingerprint density at radius 3 is 3.08 bits per heavy atom. The summed E-state index contributed by atoms with van der Waals surface area (Å²) in [5, 5.41) is 3.11. The van der Waals surface area contributed by atoms with Crippen molar-refractivity contribution in [3.05, 3.63) is 35.9 Å². The maximum absolute atomic E-state index is 4.35. The molecule has 3 nitrogen and oxygen atoms in total. The lowest BCUT2D eigenvalue weighted by atomic mass is 10.3. The van der Waals surface area contributed by atoms with Gasteiger partial charge in [-0.25, -0.2) is 4.98 Å². The summed E-state index contributed by atoms with van der Waals surface area (Å²) < 4.78 is 2.16. The zero-order valence-electron chi connectivity index (χ0n) is 7.91. The van der Waals surface area contributed by atoms with E-state index in [0.29, 0.717) is 0 Å². The lowest BCUT2D eigenvalue weighted by molar-refractivity contribution is 0.749. The van der Waals surface area contributed by atoms with Gasteiger partial charge in [0.15, 0.2) is 0 Å². The average molecular weight is 175 g/mol. The number of hydrogen-bond acceptors (Lipinski definition) is 2.